The summed E-state index contributed by atoms with van der Waals surface area (Å²) in [5.74, 6) is 2.11. The lowest BCUT2D eigenvalue weighted by atomic mass is 10.1. The second-order valence-corrected chi connectivity index (χ2v) is 6.91. The van der Waals surface area contributed by atoms with Crippen LogP contribution >= 0.6 is 0 Å². The van der Waals surface area contributed by atoms with Gasteiger partial charge in [-0.05, 0) is 38.8 Å². The van der Waals surface area contributed by atoms with Crippen molar-refractivity contribution in [1.82, 2.24) is 15.5 Å². The van der Waals surface area contributed by atoms with Crippen LogP contribution in [0.2, 0.25) is 0 Å². The quantitative estimate of drug-likeness (QED) is 0.495. The normalized spacial score (nSPS) is 17.4. The molecule has 28 heavy (non-hydrogen) atoms. The number of piperidine rings is 1. The zero-order valence-electron chi connectivity index (χ0n) is 17.0. The summed E-state index contributed by atoms with van der Waals surface area (Å²) < 4.78 is 36.2. The van der Waals surface area contributed by atoms with Crippen LogP contribution in [-0.2, 0) is 0 Å². The van der Waals surface area contributed by atoms with Crippen LogP contribution in [0.15, 0.2) is 29.3 Å². The molecule has 1 aromatic carbocycles. The van der Waals surface area contributed by atoms with Crippen molar-refractivity contribution >= 4 is 5.96 Å². The van der Waals surface area contributed by atoms with Gasteiger partial charge in [-0.15, -0.1) is 0 Å². The molecule has 0 amide bonds. The molecule has 2 N–H and O–H groups in total. The van der Waals surface area contributed by atoms with Crippen LogP contribution < -0.4 is 20.1 Å². The highest BCUT2D eigenvalue weighted by Gasteiger charge is 2.22. The first-order chi connectivity index (χ1) is 13.5. The predicted molar refractivity (Wildman–Crippen MR) is 108 cm³/mol. The van der Waals surface area contributed by atoms with Gasteiger partial charge in [0.05, 0.1) is 20.2 Å². The molecule has 0 saturated carbocycles. The van der Waals surface area contributed by atoms with E-state index in [1.54, 1.807) is 7.11 Å². The van der Waals surface area contributed by atoms with E-state index in [0.717, 1.165) is 25.3 Å². The molecule has 158 valence electrons. The second kappa shape index (κ2) is 11.7. The number of hydrogen-bond acceptors (Lipinski definition) is 4. The summed E-state index contributed by atoms with van der Waals surface area (Å²) >= 11 is 0. The fourth-order valence-electron chi connectivity index (χ4n) is 3.16. The Hall–Kier alpha value is -2.09. The van der Waals surface area contributed by atoms with E-state index in [-0.39, 0.29) is 18.7 Å². The van der Waals surface area contributed by atoms with E-state index in [0.29, 0.717) is 31.1 Å². The molecule has 1 atom stereocenters. The van der Waals surface area contributed by atoms with Gasteiger partial charge in [0, 0.05) is 25.7 Å². The van der Waals surface area contributed by atoms with Crippen LogP contribution in [0, 0.1) is 0 Å². The van der Waals surface area contributed by atoms with Crippen molar-refractivity contribution < 1.29 is 18.3 Å². The zero-order chi connectivity index (χ0) is 20.4. The largest absolute Gasteiger partial charge is 0.493 e. The highest BCUT2D eigenvalue weighted by Crippen LogP contribution is 2.26. The Bertz CT molecular complexity index is 608. The maximum absolute atomic E-state index is 12.5. The molecule has 2 rings (SSSR count). The summed E-state index contributed by atoms with van der Waals surface area (Å²) in [7, 11) is 1.62. The van der Waals surface area contributed by atoms with Gasteiger partial charge >= 0.3 is 0 Å². The van der Waals surface area contributed by atoms with Gasteiger partial charge in [0.2, 0.25) is 0 Å². The van der Waals surface area contributed by atoms with E-state index >= 15 is 0 Å². The van der Waals surface area contributed by atoms with Crippen LogP contribution in [0.25, 0.3) is 0 Å². The second-order valence-electron chi connectivity index (χ2n) is 6.91. The molecule has 1 fully saturated rings. The number of hydrogen-bond donors (Lipinski definition) is 2. The van der Waals surface area contributed by atoms with E-state index in [2.05, 4.69) is 15.6 Å². The lowest BCUT2D eigenvalue weighted by molar-refractivity contribution is 0.0744. The number of alkyl halides is 2. The van der Waals surface area contributed by atoms with E-state index in [1.807, 2.05) is 43.0 Å². The Morgan fingerprint density at radius 1 is 1.25 bits per heavy atom. The maximum Gasteiger partial charge on any atom is 0.251 e. The van der Waals surface area contributed by atoms with E-state index < -0.39 is 6.43 Å². The lowest BCUT2D eigenvalue weighted by Gasteiger charge is -2.32. The minimum Gasteiger partial charge on any atom is -0.493 e. The number of ether oxygens (including phenoxy) is 2. The monoisotopic (exact) mass is 398 g/mol. The number of nitrogens with zero attached hydrogens (tertiary/aromatic N) is 2. The summed E-state index contributed by atoms with van der Waals surface area (Å²) in [6.07, 6.45) is -0.748. The van der Waals surface area contributed by atoms with Gasteiger partial charge < -0.3 is 20.1 Å². The molecular weight excluding hydrogens is 366 g/mol. The molecule has 1 aliphatic rings. The first-order valence-electron chi connectivity index (χ1n) is 9.86. The van der Waals surface area contributed by atoms with Gasteiger partial charge in [-0.1, -0.05) is 12.1 Å². The van der Waals surface area contributed by atoms with E-state index in [1.165, 1.54) is 0 Å². The molecule has 1 aromatic rings. The molecular formula is C20H32F2N4O2. The third-order valence-electron chi connectivity index (χ3n) is 4.57. The highest BCUT2D eigenvalue weighted by molar-refractivity contribution is 5.80. The van der Waals surface area contributed by atoms with E-state index in [4.69, 9.17) is 9.47 Å². The van der Waals surface area contributed by atoms with Crippen LogP contribution in [-0.4, -0.2) is 69.3 Å². The van der Waals surface area contributed by atoms with Crippen molar-refractivity contribution in [2.24, 2.45) is 4.99 Å². The number of para-hydroxylation sites is 2. The fourth-order valence-corrected chi connectivity index (χ4v) is 3.16. The van der Waals surface area contributed by atoms with E-state index in [9.17, 15) is 8.78 Å². The average molecular weight is 398 g/mol. The number of likely N-dealkylation sites (tertiary alicyclic amines) is 1. The third kappa shape index (κ3) is 7.50. The smallest absolute Gasteiger partial charge is 0.251 e. The van der Waals surface area contributed by atoms with Gasteiger partial charge in [0.1, 0.15) is 6.10 Å². The summed E-state index contributed by atoms with van der Waals surface area (Å²) in [5, 5.41) is 6.66. The number of nitrogens with one attached hydrogen (secondary N) is 2. The molecule has 0 bridgehead atoms. The zero-order valence-corrected chi connectivity index (χ0v) is 17.0. The Morgan fingerprint density at radius 2 is 1.93 bits per heavy atom. The Balaban J connectivity index is 1.84. The fraction of sp³-hybridized carbons (Fsp3) is 0.650. The molecule has 1 heterocycles. The topological polar surface area (TPSA) is 58.1 Å². The minimum absolute atomic E-state index is 0.125. The summed E-state index contributed by atoms with van der Waals surface area (Å²) in [4.78, 5) is 6.44. The molecule has 8 heteroatoms. The number of halogens is 2. The number of rotatable bonds is 9. The number of methoxy groups -OCH3 is 1. The van der Waals surface area contributed by atoms with Gasteiger partial charge in [0.25, 0.3) is 6.43 Å². The molecule has 6 nitrogen and oxygen atoms in total. The number of aliphatic imine (C=N–C) groups is 1. The average Bonchev–Trinajstić information content (AvgIpc) is 2.68. The Morgan fingerprint density at radius 3 is 2.54 bits per heavy atom. The molecule has 1 unspecified atom stereocenters. The van der Waals surface area contributed by atoms with Gasteiger partial charge in [0.15, 0.2) is 17.5 Å². The maximum atomic E-state index is 12.5. The predicted octanol–water partition coefficient (Wildman–Crippen LogP) is 2.75. The van der Waals surface area contributed by atoms with Crippen molar-refractivity contribution in [2.45, 2.75) is 45.3 Å². The third-order valence-corrected chi connectivity index (χ3v) is 4.57. The Labute approximate surface area is 166 Å². The standard InChI is InChI=1S/C20H32F2N4O2/c1-4-23-20(25-16-9-11-26(12-10-16)14-19(21)22)24-13-15(2)28-18-8-6-5-7-17(18)27-3/h5-8,15-16,19H,4,9-14H2,1-3H3,(H2,23,24,25). The molecule has 0 spiro atoms. The highest BCUT2D eigenvalue weighted by atomic mass is 19.3. The van der Waals surface area contributed by atoms with Crippen molar-refractivity contribution in [2.75, 3.05) is 39.8 Å². The van der Waals surface area contributed by atoms with Crippen molar-refractivity contribution in [3.8, 4) is 11.5 Å². The summed E-state index contributed by atoms with van der Waals surface area (Å²) in [5.41, 5.74) is 0. The van der Waals surface area contributed by atoms with Gasteiger partial charge in [-0.3, -0.25) is 4.90 Å². The van der Waals surface area contributed by atoms with Crippen molar-refractivity contribution in [3.63, 3.8) is 0 Å². The van der Waals surface area contributed by atoms with Crippen LogP contribution in [0.5, 0.6) is 11.5 Å². The molecule has 0 aromatic heterocycles. The SMILES string of the molecule is CCNC(=NCC(C)Oc1ccccc1OC)NC1CCN(CC(F)F)CC1. The Kier molecular flexibility index (Phi) is 9.27. The first kappa shape index (κ1) is 22.2. The number of benzene rings is 1. The summed E-state index contributed by atoms with van der Waals surface area (Å²) in [6.45, 7) is 6.41. The van der Waals surface area contributed by atoms with Crippen molar-refractivity contribution in [1.29, 1.82) is 0 Å². The molecule has 1 aliphatic heterocycles. The van der Waals surface area contributed by atoms with Crippen LogP contribution in [0.1, 0.15) is 26.7 Å². The number of guanidine groups is 1. The van der Waals surface area contributed by atoms with Gasteiger partial charge in [-0.25, -0.2) is 13.8 Å². The van der Waals surface area contributed by atoms with Crippen LogP contribution in [0.3, 0.4) is 0 Å². The lowest BCUT2D eigenvalue weighted by Crippen LogP contribution is -2.49. The van der Waals surface area contributed by atoms with Gasteiger partial charge in [-0.2, -0.15) is 0 Å². The van der Waals surface area contributed by atoms with Crippen LogP contribution in [0.4, 0.5) is 8.78 Å². The summed E-state index contributed by atoms with van der Waals surface area (Å²) in [6, 6.07) is 7.76. The minimum atomic E-state index is -2.27. The molecule has 0 radical (unpaired) electrons. The molecule has 1 saturated heterocycles. The first-order valence-corrected chi connectivity index (χ1v) is 9.86. The van der Waals surface area contributed by atoms with Crippen molar-refractivity contribution in [3.05, 3.63) is 24.3 Å². The molecule has 0 aliphatic carbocycles.